The molecular formula is C23H17ClF4N2O3. The molecule has 5 nitrogen and oxygen atoms in total. The number of aliphatic hydroxyl groups is 1. The molecule has 1 atom stereocenters. The molecule has 0 aliphatic carbocycles. The first-order chi connectivity index (χ1) is 15.7. The standard InChI is InChI=1S/C23H17ClF4N2O3/c24-14-9-13(10-15(25)11-14)22(23(26,27)28)12-20(30-33-22)18-5-6-19(21(32)29-7-8-31)17-4-2-1-3-16(17)18/h1-6,9-12,30-31H,7-8H2,(H,29,32). The Morgan fingerprint density at radius 3 is 2.52 bits per heavy atom. The molecule has 0 aromatic heterocycles. The highest BCUT2D eigenvalue weighted by atomic mass is 35.5. The quantitative estimate of drug-likeness (QED) is 0.463. The fourth-order valence-electron chi connectivity index (χ4n) is 3.74. The van der Waals surface area contributed by atoms with Gasteiger partial charge in [-0.05, 0) is 41.1 Å². The van der Waals surface area contributed by atoms with Crippen LogP contribution in [-0.2, 0) is 10.4 Å². The van der Waals surface area contributed by atoms with Crippen molar-refractivity contribution < 1.29 is 32.3 Å². The Bertz CT molecular complexity index is 1240. The molecule has 1 amide bonds. The van der Waals surface area contributed by atoms with E-state index in [1.807, 2.05) is 0 Å². The Balaban J connectivity index is 1.86. The van der Waals surface area contributed by atoms with Gasteiger partial charge in [0.05, 0.1) is 12.3 Å². The molecule has 1 aliphatic rings. The molecule has 0 fully saturated rings. The topological polar surface area (TPSA) is 70.6 Å². The molecule has 1 aliphatic heterocycles. The highest BCUT2D eigenvalue weighted by Crippen LogP contribution is 2.48. The minimum Gasteiger partial charge on any atom is -0.395 e. The summed E-state index contributed by atoms with van der Waals surface area (Å²) in [6.45, 7) is -0.181. The number of hydrogen-bond acceptors (Lipinski definition) is 4. The van der Waals surface area contributed by atoms with Crippen molar-refractivity contribution in [2.24, 2.45) is 0 Å². The first-order valence-electron chi connectivity index (χ1n) is 9.77. The molecule has 1 heterocycles. The third-order valence-electron chi connectivity index (χ3n) is 5.24. The van der Waals surface area contributed by atoms with Crippen LogP contribution in [0.4, 0.5) is 17.6 Å². The molecule has 3 N–H and O–H groups in total. The van der Waals surface area contributed by atoms with E-state index in [2.05, 4.69) is 10.8 Å². The lowest BCUT2D eigenvalue weighted by Crippen LogP contribution is -2.42. The van der Waals surface area contributed by atoms with Gasteiger partial charge in [-0.25, -0.2) is 4.39 Å². The molecule has 0 radical (unpaired) electrons. The number of rotatable bonds is 5. The summed E-state index contributed by atoms with van der Waals surface area (Å²) in [5, 5.41) is 12.3. The number of carbonyl (C=O) groups is 1. The smallest absolute Gasteiger partial charge is 0.395 e. The van der Waals surface area contributed by atoms with Crippen LogP contribution in [0.15, 0.2) is 60.7 Å². The summed E-state index contributed by atoms with van der Waals surface area (Å²) in [6.07, 6.45) is -4.12. The van der Waals surface area contributed by atoms with Crippen molar-refractivity contribution in [1.82, 2.24) is 10.8 Å². The van der Waals surface area contributed by atoms with Crippen molar-refractivity contribution in [2.45, 2.75) is 11.8 Å². The predicted octanol–water partition coefficient (Wildman–Crippen LogP) is 4.69. The van der Waals surface area contributed by atoms with Crippen LogP contribution < -0.4 is 10.8 Å². The molecule has 172 valence electrons. The van der Waals surface area contributed by atoms with Crippen LogP contribution in [-0.4, -0.2) is 30.3 Å². The Labute approximate surface area is 190 Å². The zero-order chi connectivity index (χ0) is 23.8. The Kier molecular flexibility index (Phi) is 6.04. The van der Waals surface area contributed by atoms with Gasteiger partial charge in [0.15, 0.2) is 0 Å². The molecule has 1 unspecified atom stereocenters. The number of nitrogens with one attached hydrogen (secondary N) is 2. The average molecular weight is 481 g/mol. The molecule has 4 rings (SSSR count). The van der Waals surface area contributed by atoms with Gasteiger partial charge in [0.2, 0.25) is 5.60 Å². The van der Waals surface area contributed by atoms with Crippen molar-refractivity contribution in [3.05, 3.63) is 88.2 Å². The van der Waals surface area contributed by atoms with Gasteiger partial charge in [-0.1, -0.05) is 41.9 Å². The number of hydrogen-bond donors (Lipinski definition) is 3. The van der Waals surface area contributed by atoms with E-state index >= 15 is 0 Å². The van der Waals surface area contributed by atoms with Gasteiger partial charge in [0.25, 0.3) is 5.91 Å². The highest BCUT2D eigenvalue weighted by Gasteiger charge is 2.59. The lowest BCUT2D eigenvalue weighted by molar-refractivity contribution is -0.269. The second kappa shape index (κ2) is 8.66. The van der Waals surface area contributed by atoms with Crippen molar-refractivity contribution in [2.75, 3.05) is 13.2 Å². The van der Waals surface area contributed by atoms with Gasteiger partial charge >= 0.3 is 6.18 Å². The number of benzene rings is 3. The Hall–Kier alpha value is -3.14. The van der Waals surface area contributed by atoms with E-state index in [1.54, 1.807) is 24.3 Å². The normalized spacial score (nSPS) is 18.2. The molecular weight excluding hydrogens is 464 g/mol. The summed E-state index contributed by atoms with van der Waals surface area (Å²) in [5.74, 6) is -1.37. The number of hydroxylamine groups is 1. The maximum absolute atomic E-state index is 14.2. The van der Waals surface area contributed by atoms with Crippen molar-refractivity contribution in [3.63, 3.8) is 0 Å². The summed E-state index contributed by atoms with van der Waals surface area (Å²) in [6, 6.07) is 12.3. The number of alkyl halides is 3. The molecule has 33 heavy (non-hydrogen) atoms. The summed E-state index contributed by atoms with van der Waals surface area (Å²) in [7, 11) is 0. The fraction of sp³-hybridized carbons (Fsp3) is 0.174. The molecule has 0 bridgehead atoms. The second-order valence-electron chi connectivity index (χ2n) is 7.34. The number of halogens is 5. The van der Waals surface area contributed by atoms with Gasteiger partial charge in [0, 0.05) is 28.3 Å². The summed E-state index contributed by atoms with van der Waals surface area (Å²) < 4.78 is 56.5. The molecule has 3 aromatic carbocycles. The molecule has 0 saturated heterocycles. The SMILES string of the molecule is O=C(NCCO)c1ccc(C2=CC(c3cc(F)cc(Cl)c3)(C(F)(F)F)ON2)c2ccccc12. The van der Waals surface area contributed by atoms with Gasteiger partial charge < -0.3 is 10.4 Å². The third kappa shape index (κ3) is 4.15. The van der Waals surface area contributed by atoms with Gasteiger partial charge in [-0.3, -0.25) is 15.1 Å². The van der Waals surface area contributed by atoms with Crippen LogP contribution in [0.5, 0.6) is 0 Å². The first-order valence-corrected chi connectivity index (χ1v) is 10.2. The number of carbonyl (C=O) groups excluding carboxylic acids is 1. The molecule has 10 heteroatoms. The van der Waals surface area contributed by atoms with Gasteiger partial charge in [-0.2, -0.15) is 13.2 Å². The second-order valence-corrected chi connectivity index (χ2v) is 7.78. The van der Waals surface area contributed by atoms with Crippen LogP contribution in [0.1, 0.15) is 21.5 Å². The minimum atomic E-state index is -4.95. The molecule has 3 aromatic rings. The summed E-state index contributed by atoms with van der Waals surface area (Å²) >= 11 is 5.80. The Morgan fingerprint density at radius 2 is 1.85 bits per heavy atom. The van der Waals surface area contributed by atoms with Crippen LogP contribution in [0.25, 0.3) is 16.5 Å². The van der Waals surface area contributed by atoms with E-state index in [-0.39, 0.29) is 23.9 Å². The van der Waals surface area contributed by atoms with E-state index in [4.69, 9.17) is 21.5 Å². The van der Waals surface area contributed by atoms with E-state index in [1.165, 1.54) is 12.1 Å². The maximum Gasteiger partial charge on any atom is 0.428 e. The van der Waals surface area contributed by atoms with Crippen LogP contribution in [0.3, 0.4) is 0 Å². The zero-order valence-electron chi connectivity index (χ0n) is 16.8. The fourth-order valence-corrected chi connectivity index (χ4v) is 3.96. The van der Waals surface area contributed by atoms with E-state index in [9.17, 15) is 22.4 Å². The summed E-state index contributed by atoms with van der Waals surface area (Å²) in [5.41, 5.74) is -0.546. The highest BCUT2D eigenvalue weighted by molar-refractivity contribution is 6.30. The third-order valence-corrected chi connectivity index (χ3v) is 5.46. The van der Waals surface area contributed by atoms with E-state index in [0.717, 1.165) is 18.2 Å². The van der Waals surface area contributed by atoms with Crippen LogP contribution in [0.2, 0.25) is 5.02 Å². The monoisotopic (exact) mass is 480 g/mol. The largest absolute Gasteiger partial charge is 0.428 e. The van der Waals surface area contributed by atoms with Gasteiger partial charge in [-0.15, -0.1) is 0 Å². The predicted molar refractivity (Wildman–Crippen MR) is 115 cm³/mol. The first kappa shape index (κ1) is 23.0. The van der Waals surface area contributed by atoms with Crippen molar-refractivity contribution >= 4 is 34.0 Å². The van der Waals surface area contributed by atoms with Gasteiger partial charge in [0.1, 0.15) is 5.82 Å². The van der Waals surface area contributed by atoms with Crippen molar-refractivity contribution in [1.29, 1.82) is 0 Å². The maximum atomic E-state index is 14.2. The lowest BCUT2D eigenvalue weighted by atomic mass is 9.90. The lowest BCUT2D eigenvalue weighted by Gasteiger charge is -2.28. The Morgan fingerprint density at radius 1 is 1.12 bits per heavy atom. The minimum absolute atomic E-state index is 0.00812. The number of fused-ring (bicyclic) bond motifs is 1. The number of aliphatic hydroxyl groups excluding tert-OH is 1. The zero-order valence-corrected chi connectivity index (χ0v) is 17.6. The van der Waals surface area contributed by atoms with Crippen LogP contribution >= 0.6 is 11.6 Å². The van der Waals surface area contributed by atoms with Crippen LogP contribution in [0, 0.1) is 5.82 Å². The van der Waals surface area contributed by atoms with Crippen molar-refractivity contribution in [3.8, 4) is 0 Å². The number of amides is 1. The molecule has 0 saturated carbocycles. The van der Waals surface area contributed by atoms with E-state index in [0.29, 0.717) is 28.0 Å². The molecule has 0 spiro atoms. The summed E-state index contributed by atoms with van der Waals surface area (Å²) in [4.78, 5) is 17.5. The average Bonchev–Trinajstić information content (AvgIpc) is 3.23. The van der Waals surface area contributed by atoms with E-state index < -0.39 is 29.1 Å².